The van der Waals surface area contributed by atoms with E-state index in [0.717, 1.165) is 16.9 Å². The van der Waals surface area contributed by atoms with E-state index in [4.69, 9.17) is 15.2 Å². The van der Waals surface area contributed by atoms with Crippen molar-refractivity contribution in [2.45, 2.75) is 13.2 Å². The van der Waals surface area contributed by atoms with Crippen LogP contribution in [0.3, 0.4) is 0 Å². The highest BCUT2D eigenvalue weighted by molar-refractivity contribution is 5.29. The number of hydrogen-bond donors (Lipinski definition) is 1. The van der Waals surface area contributed by atoms with Crippen molar-refractivity contribution in [2.75, 3.05) is 7.11 Å². The van der Waals surface area contributed by atoms with Gasteiger partial charge in [-0.15, -0.1) is 5.10 Å². The maximum atomic E-state index is 5.60. The molecule has 2 rings (SSSR count). The van der Waals surface area contributed by atoms with Crippen LogP contribution in [-0.4, -0.2) is 17.3 Å². The molecule has 0 aliphatic rings. The SMILES string of the molecule is COc1cccc(COc2nnccc2CN)c1. The lowest BCUT2D eigenvalue weighted by Gasteiger charge is -2.08. The Bertz CT molecular complexity index is 517. The first-order chi connectivity index (χ1) is 8.83. The fourth-order valence-corrected chi connectivity index (χ4v) is 1.54. The highest BCUT2D eigenvalue weighted by Gasteiger charge is 2.04. The van der Waals surface area contributed by atoms with Crippen LogP contribution in [0, 0.1) is 0 Å². The molecule has 0 spiro atoms. The van der Waals surface area contributed by atoms with E-state index in [9.17, 15) is 0 Å². The lowest BCUT2D eigenvalue weighted by Crippen LogP contribution is -2.05. The second-order valence-corrected chi connectivity index (χ2v) is 3.71. The van der Waals surface area contributed by atoms with E-state index in [2.05, 4.69) is 10.2 Å². The Kier molecular flexibility index (Phi) is 4.09. The highest BCUT2D eigenvalue weighted by atomic mass is 16.5. The predicted molar refractivity (Wildman–Crippen MR) is 67.2 cm³/mol. The molecule has 0 bridgehead atoms. The number of rotatable bonds is 5. The van der Waals surface area contributed by atoms with Crippen LogP contribution < -0.4 is 15.2 Å². The van der Waals surface area contributed by atoms with Crippen LogP contribution in [0.4, 0.5) is 0 Å². The van der Waals surface area contributed by atoms with Gasteiger partial charge in [0.1, 0.15) is 12.4 Å². The maximum absolute atomic E-state index is 5.60. The first-order valence-corrected chi connectivity index (χ1v) is 5.60. The van der Waals surface area contributed by atoms with Crippen LogP contribution in [0.25, 0.3) is 0 Å². The molecule has 0 unspecified atom stereocenters. The summed E-state index contributed by atoms with van der Waals surface area (Å²) in [5, 5.41) is 7.71. The Morgan fingerprint density at radius 3 is 2.94 bits per heavy atom. The van der Waals surface area contributed by atoms with Crippen LogP contribution >= 0.6 is 0 Å². The van der Waals surface area contributed by atoms with E-state index < -0.39 is 0 Å². The fraction of sp³-hybridized carbons (Fsp3) is 0.231. The average molecular weight is 245 g/mol. The molecular weight excluding hydrogens is 230 g/mol. The Balaban J connectivity index is 2.06. The Labute approximate surface area is 106 Å². The van der Waals surface area contributed by atoms with Crippen molar-refractivity contribution in [3.63, 3.8) is 0 Å². The Morgan fingerprint density at radius 2 is 2.17 bits per heavy atom. The summed E-state index contributed by atoms with van der Waals surface area (Å²) in [5.74, 6) is 1.28. The summed E-state index contributed by atoms with van der Waals surface area (Å²) in [6, 6.07) is 9.47. The van der Waals surface area contributed by atoms with Crippen molar-refractivity contribution in [3.8, 4) is 11.6 Å². The molecule has 1 aromatic carbocycles. The van der Waals surface area contributed by atoms with E-state index in [-0.39, 0.29) is 0 Å². The first-order valence-electron chi connectivity index (χ1n) is 5.60. The van der Waals surface area contributed by atoms with E-state index >= 15 is 0 Å². The molecule has 0 atom stereocenters. The lowest BCUT2D eigenvalue weighted by molar-refractivity contribution is 0.286. The molecule has 0 radical (unpaired) electrons. The molecule has 0 saturated carbocycles. The third kappa shape index (κ3) is 2.95. The zero-order chi connectivity index (χ0) is 12.8. The van der Waals surface area contributed by atoms with Gasteiger partial charge in [-0.05, 0) is 23.8 Å². The van der Waals surface area contributed by atoms with Crippen LogP contribution in [-0.2, 0) is 13.2 Å². The minimum absolute atomic E-state index is 0.378. The van der Waals surface area contributed by atoms with E-state index in [1.807, 2.05) is 24.3 Å². The Hall–Kier alpha value is -2.14. The molecule has 0 fully saturated rings. The fourth-order valence-electron chi connectivity index (χ4n) is 1.54. The third-order valence-corrected chi connectivity index (χ3v) is 2.50. The number of hydrogen-bond acceptors (Lipinski definition) is 5. The number of aromatic nitrogens is 2. The third-order valence-electron chi connectivity index (χ3n) is 2.50. The van der Waals surface area contributed by atoms with Crippen molar-refractivity contribution in [3.05, 3.63) is 47.7 Å². The molecule has 5 nitrogen and oxygen atoms in total. The molecule has 2 N–H and O–H groups in total. The van der Waals surface area contributed by atoms with Crippen LogP contribution in [0.1, 0.15) is 11.1 Å². The average Bonchev–Trinajstić information content (AvgIpc) is 2.45. The van der Waals surface area contributed by atoms with Gasteiger partial charge in [-0.2, -0.15) is 5.10 Å². The van der Waals surface area contributed by atoms with Gasteiger partial charge in [0, 0.05) is 12.1 Å². The second-order valence-electron chi connectivity index (χ2n) is 3.71. The monoisotopic (exact) mass is 245 g/mol. The smallest absolute Gasteiger partial charge is 0.238 e. The molecule has 18 heavy (non-hydrogen) atoms. The molecule has 0 aliphatic carbocycles. The van der Waals surface area contributed by atoms with Crippen LogP contribution in [0.15, 0.2) is 36.5 Å². The summed E-state index contributed by atoms with van der Waals surface area (Å²) < 4.78 is 10.8. The highest BCUT2D eigenvalue weighted by Crippen LogP contribution is 2.17. The van der Waals surface area contributed by atoms with Crippen molar-refractivity contribution in [2.24, 2.45) is 5.73 Å². The minimum Gasteiger partial charge on any atom is -0.497 e. The number of benzene rings is 1. The maximum Gasteiger partial charge on any atom is 0.238 e. The van der Waals surface area contributed by atoms with Crippen molar-refractivity contribution >= 4 is 0 Å². The Morgan fingerprint density at radius 1 is 1.28 bits per heavy atom. The zero-order valence-electron chi connectivity index (χ0n) is 10.2. The van der Waals surface area contributed by atoms with E-state index in [1.54, 1.807) is 19.4 Å². The molecule has 5 heteroatoms. The number of ether oxygens (including phenoxy) is 2. The van der Waals surface area contributed by atoms with Crippen molar-refractivity contribution in [1.29, 1.82) is 0 Å². The first kappa shape index (κ1) is 12.3. The molecule has 94 valence electrons. The van der Waals surface area contributed by atoms with Gasteiger partial charge in [0.05, 0.1) is 13.3 Å². The molecule has 0 aliphatic heterocycles. The quantitative estimate of drug-likeness (QED) is 0.864. The number of methoxy groups -OCH3 is 1. The second kappa shape index (κ2) is 5.97. The summed E-state index contributed by atoms with van der Waals surface area (Å²) in [7, 11) is 1.63. The molecule has 1 heterocycles. The van der Waals surface area contributed by atoms with Gasteiger partial charge in [-0.25, -0.2) is 0 Å². The van der Waals surface area contributed by atoms with E-state index in [1.165, 1.54) is 0 Å². The summed E-state index contributed by atoms with van der Waals surface area (Å²) in [6.45, 7) is 0.784. The van der Waals surface area contributed by atoms with Gasteiger partial charge in [0.2, 0.25) is 5.88 Å². The summed E-state index contributed by atoms with van der Waals surface area (Å²) in [4.78, 5) is 0. The predicted octanol–water partition coefficient (Wildman–Crippen LogP) is 1.52. The van der Waals surface area contributed by atoms with Gasteiger partial charge in [-0.3, -0.25) is 0 Å². The number of nitrogens with two attached hydrogens (primary N) is 1. The molecule has 0 saturated heterocycles. The van der Waals surface area contributed by atoms with Gasteiger partial charge in [-0.1, -0.05) is 12.1 Å². The van der Waals surface area contributed by atoms with Crippen LogP contribution in [0.5, 0.6) is 11.6 Å². The summed E-state index contributed by atoms with van der Waals surface area (Å²) in [6.07, 6.45) is 1.60. The lowest BCUT2D eigenvalue weighted by atomic mass is 10.2. The molecule has 0 amide bonds. The van der Waals surface area contributed by atoms with Crippen LogP contribution in [0.2, 0.25) is 0 Å². The van der Waals surface area contributed by atoms with Gasteiger partial charge in [0.25, 0.3) is 0 Å². The zero-order valence-corrected chi connectivity index (χ0v) is 10.2. The van der Waals surface area contributed by atoms with Crippen molar-refractivity contribution < 1.29 is 9.47 Å². The van der Waals surface area contributed by atoms with E-state index in [0.29, 0.717) is 19.0 Å². The van der Waals surface area contributed by atoms with Crippen molar-refractivity contribution in [1.82, 2.24) is 10.2 Å². The summed E-state index contributed by atoms with van der Waals surface area (Å²) >= 11 is 0. The van der Waals surface area contributed by atoms with Gasteiger partial charge < -0.3 is 15.2 Å². The summed E-state index contributed by atoms with van der Waals surface area (Å²) in [5.41, 5.74) is 7.44. The largest absolute Gasteiger partial charge is 0.497 e. The van der Waals surface area contributed by atoms with Gasteiger partial charge >= 0.3 is 0 Å². The van der Waals surface area contributed by atoms with Gasteiger partial charge in [0.15, 0.2) is 0 Å². The molecule has 2 aromatic rings. The number of nitrogens with zero attached hydrogens (tertiary/aromatic N) is 2. The normalized spacial score (nSPS) is 10.1. The molecule has 1 aromatic heterocycles. The topological polar surface area (TPSA) is 70.3 Å². The standard InChI is InChI=1S/C13H15N3O2/c1-17-12-4-2-3-10(7-12)9-18-13-11(8-14)5-6-15-16-13/h2-7H,8-9,14H2,1H3. The molecular formula is C13H15N3O2. The minimum atomic E-state index is 0.378.